The number of rotatable bonds is 1. The molecule has 0 bridgehead atoms. The molecule has 3 heteroatoms. The first-order valence-electron chi connectivity index (χ1n) is 5.21. The van der Waals surface area contributed by atoms with E-state index in [1.807, 2.05) is 32.2 Å². The van der Waals surface area contributed by atoms with Gasteiger partial charge in [-0.05, 0) is 40.0 Å². The van der Waals surface area contributed by atoms with Gasteiger partial charge in [0.15, 0.2) is 0 Å². The van der Waals surface area contributed by atoms with E-state index in [4.69, 9.17) is 0 Å². The van der Waals surface area contributed by atoms with Crippen LogP contribution in [0.15, 0.2) is 29.0 Å². The Hall–Kier alpha value is -0.960. The molecule has 15 heavy (non-hydrogen) atoms. The van der Waals surface area contributed by atoms with E-state index in [1.54, 1.807) is 6.20 Å². The highest BCUT2D eigenvalue weighted by molar-refractivity contribution is 9.10. The van der Waals surface area contributed by atoms with Crippen molar-refractivity contribution in [2.24, 2.45) is 0 Å². The summed E-state index contributed by atoms with van der Waals surface area (Å²) in [5, 5.41) is 0. The first-order valence-corrected chi connectivity index (χ1v) is 6.00. The van der Waals surface area contributed by atoms with E-state index >= 15 is 0 Å². The lowest BCUT2D eigenvalue weighted by molar-refractivity contribution is 1.12. The SMILES string of the molecule is CC.CCc1c(Br)cnc2cccnc12. The van der Waals surface area contributed by atoms with E-state index in [-0.39, 0.29) is 0 Å². The molecule has 0 fully saturated rings. The van der Waals surface area contributed by atoms with E-state index < -0.39 is 0 Å². The first kappa shape index (κ1) is 12.1. The summed E-state index contributed by atoms with van der Waals surface area (Å²) in [6.45, 7) is 6.12. The average Bonchev–Trinajstić information content (AvgIpc) is 2.32. The quantitative estimate of drug-likeness (QED) is 0.781. The molecule has 0 unspecified atom stereocenters. The number of aromatic nitrogens is 2. The van der Waals surface area contributed by atoms with Gasteiger partial charge in [-0.1, -0.05) is 20.8 Å². The molecule has 80 valence electrons. The van der Waals surface area contributed by atoms with Crippen LogP contribution in [0.1, 0.15) is 26.3 Å². The van der Waals surface area contributed by atoms with Gasteiger partial charge in [0.25, 0.3) is 0 Å². The number of hydrogen-bond donors (Lipinski definition) is 0. The minimum Gasteiger partial charge on any atom is -0.254 e. The molecule has 0 amide bonds. The fraction of sp³-hybridized carbons (Fsp3) is 0.333. The first-order chi connectivity index (χ1) is 7.33. The maximum absolute atomic E-state index is 4.32. The van der Waals surface area contributed by atoms with Gasteiger partial charge in [0.05, 0.1) is 11.0 Å². The molecule has 2 heterocycles. The normalized spacial score (nSPS) is 9.60. The third-order valence-corrected chi connectivity index (χ3v) is 2.71. The van der Waals surface area contributed by atoms with E-state index in [2.05, 4.69) is 32.8 Å². The number of halogens is 1. The van der Waals surface area contributed by atoms with Crippen molar-refractivity contribution in [1.29, 1.82) is 0 Å². The molecule has 0 aliphatic carbocycles. The highest BCUT2D eigenvalue weighted by Gasteiger charge is 2.04. The molecule has 2 rings (SSSR count). The fourth-order valence-electron chi connectivity index (χ4n) is 1.39. The molecule has 2 aromatic rings. The Morgan fingerprint density at radius 1 is 1.27 bits per heavy atom. The number of fused-ring (bicyclic) bond motifs is 1. The van der Waals surface area contributed by atoms with Crippen LogP contribution < -0.4 is 0 Å². The van der Waals surface area contributed by atoms with E-state index in [0.717, 1.165) is 21.9 Å². The van der Waals surface area contributed by atoms with E-state index in [1.165, 1.54) is 5.56 Å². The smallest absolute Gasteiger partial charge is 0.0929 e. The van der Waals surface area contributed by atoms with Crippen molar-refractivity contribution >= 4 is 27.0 Å². The third kappa shape index (κ3) is 2.53. The summed E-state index contributed by atoms with van der Waals surface area (Å²) in [5.74, 6) is 0. The van der Waals surface area contributed by atoms with Crippen LogP contribution in [0.5, 0.6) is 0 Å². The lowest BCUT2D eigenvalue weighted by Crippen LogP contribution is -1.90. The van der Waals surface area contributed by atoms with Crippen LogP contribution in [-0.2, 0) is 6.42 Å². The van der Waals surface area contributed by atoms with Crippen LogP contribution in [0.25, 0.3) is 11.0 Å². The molecule has 2 nitrogen and oxygen atoms in total. The summed E-state index contributed by atoms with van der Waals surface area (Å²) in [4.78, 5) is 8.60. The van der Waals surface area contributed by atoms with E-state index in [9.17, 15) is 0 Å². The molecule has 2 aromatic heterocycles. The molecule has 0 aliphatic heterocycles. The zero-order valence-electron chi connectivity index (χ0n) is 9.29. The highest BCUT2D eigenvalue weighted by atomic mass is 79.9. The van der Waals surface area contributed by atoms with Gasteiger partial charge in [-0.2, -0.15) is 0 Å². The highest BCUT2D eigenvalue weighted by Crippen LogP contribution is 2.22. The Morgan fingerprint density at radius 2 is 2.00 bits per heavy atom. The largest absolute Gasteiger partial charge is 0.254 e. The summed E-state index contributed by atoms with van der Waals surface area (Å²) in [6.07, 6.45) is 4.61. The van der Waals surface area contributed by atoms with Gasteiger partial charge in [-0.3, -0.25) is 9.97 Å². The number of hydrogen-bond acceptors (Lipinski definition) is 2. The molecule has 0 atom stereocenters. The molecular weight excluding hydrogens is 252 g/mol. The fourth-order valence-corrected chi connectivity index (χ4v) is 1.96. The topological polar surface area (TPSA) is 25.8 Å². The molecule has 0 saturated heterocycles. The van der Waals surface area contributed by atoms with Gasteiger partial charge in [0, 0.05) is 16.9 Å². The molecule has 0 saturated carbocycles. The number of nitrogens with zero attached hydrogens (tertiary/aromatic N) is 2. The maximum atomic E-state index is 4.32. The van der Waals surface area contributed by atoms with Crippen LogP contribution in [0, 0.1) is 0 Å². The van der Waals surface area contributed by atoms with Crippen molar-refractivity contribution in [1.82, 2.24) is 9.97 Å². The Morgan fingerprint density at radius 3 is 2.67 bits per heavy atom. The summed E-state index contributed by atoms with van der Waals surface area (Å²) in [6, 6.07) is 3.89. The molecular formula is C12H15BrN2. The van der Waals surface area contributed by atoms with Gasteiger partial charge in [0.2, 0.25) is 0 Å². The maximum Gasteiger partial charge on any atom is 0.0929 e. The lowest BCUT2D eigenvalue weighted by atomic mass is 10.1. The van der Waals surface area contributed by atoms with Crippen molar-refractivity contribution in [3.63, 3.8) is 0 Å². The molecule has 0 N–H and O–H groups in total. The molecule has 0 aromatic carbocycles. The van der Waals surface area contributed by atoms with E-state index in [0.29, 0.717) is 0 Å². The van der Waals surface area contributed by atoms with Crippen LogP contribution in [0.3, 0.4) is 0 Å². The van der Waals surface area contributed by atoms with Crippen molar-refractivity contribution in [2.45, 2.75) is 27.2 Å². The number of pyridine rings is 2. The minimum atomic E-state index is 0.961. The molecule has 0 radical (unpaired) electrons. The summed E-state index contributed by atoms with van der Waals surface area (Å²) in [7, 11) is 0. The van der Waals surface area contributed by atoms with Gasteiger partial charge in [0.1, 0.15) is 0 Å². The zero-order chi connectivity index (χ0) is 11.3. The Labute approximate surface area is 98.9 Å². The van der Waals surface area contributed by atoms with Crippen molar-refractivity contribution < 1.29 is 0 Å². The summed E-state index contributed by atoms with van der Waals surface area (Å²) >= 11 is 3.48. The van der Waals surface area contributed by atoms with Crippen molar-refractivity contribution in [3.8, 4) is 0 Å². The van der Waals surface area contributed by atoms with Crippen molar-refractivity contribution in [3.05, 3.63) is 34.6 Å². The minimum absolute atomic E-state index is 0.961. The lowest BCUT2D eigenvalue weighted by Gasteiger charge is -2.03. The van der Waals surface area contributed by atoms with Crippen LogP contribution >= 0.6 is 15.9 Å². The summed E-state index contributed by atoms with van der Waals surface area (Å²) in [5.41, 5.74) is 3.19. The van der Waals surface area contributed by atoms with Gasteiger partial charge in [-0.15, -0.1) is 0 Å². The monoisotopic (exact) mass is 266 g/mol. The second-order valence-corrected chi connectivity index (χ2v) is 3.66. The second-order valence-electron chi connectivity index (χ2n) is 2.81. The molecule has 0 aliphatic rings. The molecule has 0 spiro atoms. The van der Waals surface area contributed by atoms with Gasteiger partial charge in [-0.25, -0.2) is 0 Å². The van der Waals surface area contributed by atoms with Gasteiger partial charge >= 0.3 is 0 Å². The Balaban J connectivity index is 0.000000531. The van der Waals surface area contributed by atoms with Crippen molar-refractivity contribution in [2.75, 3.05) is 0 Å². The third-order valence-electron chi connectivity index (χ3n) is 2.03. The van der Waals surface area contributed by atoms with Crippen LogP contribution in [0.2, 0.25) is 0 Å². The van der Waals surface area contributed by atoms with Crippen LogP contribution in [0.4, 0.5) is 0 Å². The predicted octanol–water partition coefficient (Wildman–Crippen LogP) is 3.98. The van der Waals surface area contributed by atoms with Gasteiger partial charge < -0.3 is 0 Å². The second kappa shape index (κ2) is 5.81. The predicted molar refractivity (Wildman–Crippen MR) is 68.0 cm³/mol. The Kier molecular flexibility index (Phi) is 4.69. The number of aryl methyl sites for hydroxylation is 1. The average molecular weight is 267 g/mol. The zero-order valence-corrected chi connectivity index (χ0v) is 10.9. The summed E-state index contributed by atoms with van der Waals surface area (Å²) < 4.78 is 1.04. The standard InChI is InChI=1S/C10H9BrN2.C2H6/c1-2-7-8(11)6-13-9-4-3-5-12-10(7)9;1-2/h3-6H,2H2,1H3;1-2H3. The van der Waals surface area contributed by atoms with Crippen LogP contribution in [-0.4, -0.2) is 9.97 Å². The Bertz CT molecular complexity index is 441.